The first-order chi connectivity index (χ1) is 9.65. The summed E-state index contributed by atoms with van der Waals surface area (Å²) in [5.74, 6) is 0.339. The number of hydrogen-bond donors (Lipinski definition) is 1. The summed E-state index contributed by atoms with van der Waals surface area (Å²) in [6.07, 6.45) is 2.13. The number of piperidine rings is 1. The molecule has 2 rings (SSSR count). The van der Waals surface area contributed by atoms with E-state index in [2.05, 4.69) is 5.32 Å². The maximum Gasteiger partial charge on any atom is 0.333 e. The van der Waals surface area contributed by atoms with Crippen molar-refractivity contribution in [3.05, 3.63) is 28.3 Å². The van der Waals surface area contributed by atoms with Crippen LogP contribution < -0.4 is 15.0 Å². The zero-order valence-electron chi connectivity index (χ0n) is 12.0. The molecular formula is C14H21N3O3. The van der Waals surface area contributed by atoms with Crippen molar-refractivity contribution in [2.24, 2.45) is 0 Å². The van der Waals surface area contributed by atoms with E-state index in [0.717, 1.165) is 25.9 Å². The molecule has 0 bridgehead atoms. The van der Waals surface area contributed by atoms with Crippen LogP contribution in [0.3, 0.4) is 0 Å². The van der Waals surface area contributed by atoms with Crippen LogP contribution >= 0.6 is 0 Å². The lowest BCUT2D eigenvalue weighted by atomic mass is 10.1. The van der Waals surface area contributed by atoms with Gasteiger partial charge in [-0.3, -0.25) is 10.1 Å². The molecule has 0 aromatic heterocycles. The van der Waals surface area contributed by atoms with Crippen molar-refractivity contribution in [1.29, 1.82) is 0 Å². The fourth-order valence-corrected chi connectivity index (χ4v) is 2.61. The first-order valence-electron chi connectivity index (χ1n) is 6.99. The van der Waals surface area contributed by atoms with Gasteiger partial charge in [0.2, 0.25) is 0 Å². The molecule has 0 spiro atoms. The number of nitrogens with zero attached hydrogens (tertiary/aromatic N) is 2. The zero-order valence-corrected chi connectivity index (χ0v) is 12.0. The Bertz CT molecular complexity index is 473. The van der Waals surface area contributed by atoms with Crippen LogP contribution in [0.4, 0.5) is 11.4 Å². The Morgan fingerprint density at radius 2 is 2.35 bits per heavy atom. The van der Waals surface area contributed by atoms with E-state index >= 15 is 0 Å². The lowest BCUT2D eigenvalue weighted by Gasteiger charge is -2.33. The predicted octanol–water partition coefficient (Wildman–Crippen LogP) is 2.18. The molecule has 0 amide bonds. The minimum Gasteiger partial charge on any atom is -0.487 e. The number of hydrogen-bond acceptors (Lipinski definition) is 5. The third-order valence-corrected chi connectivity index (χ3v) is 3.66. The Hall–Kier alpha value is -1.82. The van der Waals surface area contributed by atoms with E-state index in [-0.39, 0.29) is 16.7 Å². The van der Waals surface area contributed by atoms with E-state index in [4.69, 9.17) is 4.74 Å². The lowest BCUT2D eigenvalue weighted by molar-refractivity contribution is -0.385. The number of likely N-dealkylation sites (N-methyl/N-ethyl adjacent to an activating group) is 1. The lowest BCUT2D eigenvalue weighted by Crippen LogP contribution is -2.44. The maximum absolute atomic E-state index is 11.4. The third kappa shape index (κ3) is 3.01. The normalized spacial score (nSPS) is 18.6. The van der Waals surface area contributed by atoms with Gasteiger partial charge in [-0.2, -0.15) is 0 Å². The van der Waals surface area contributed by atoms with Crippen molar-refractivity contribution < 1.29 is 9.66 Å². The molecule has 0 aliphatic carbocycles. The first-order valence-corrected chi connectivity index (χ1v) is 6.99. The molecule has 1 unspecified atom stereocenters. The van der Waals surface area contributed by atoms with E-state index in [9.17, 15) is 10.1 Å². The van der Waals surface area contributed by atoms with Crippen LogP contribution in [0.25, 0.3) is 0 Å². The molecule has 6 nitrogen and oxygen atoms in total. The quantitative estimate of drug-likeness (QED) is 0.661. The number of benzene rings is 1. The second-order valence-electron chi connectivity index (χ2n) is 4.93. The number of para-hydroxylation sites is 1. The van der Waals surface area contributed by atoms with E-state index in [0.29, 0.717) is 18.0 Å². The molecule has 6 heteroatoms. The summed E-state index contributed by atoms with van der Waals surface area (Å²) >= 11 is 0. The van der Waals surface area contributed by atoms with Gasteiger partial charge in [-0.25, -0.2) is 0 Å². The van der Waals surface area contributed by atoms with Crippen molar-refractivity contribution in [3.8, 4) is 5.75 Å². The Morgan fingerprint density at radius 1 is 1.55 bits per heavy atom. The van der Waals surface area contributed by atoms with Crippen molar-refractivity contribution in [2.45, 2.75) is 25.8 Å². The summed E-state index contributed by atoms with van der Waals surface area (Å²) in [5.41, 5.74) is 0.678. The summed E-state index contributed by atoms with van der Waals surface area (Å²) in [5, 5.41) is 14.7. The fraction of sp³-hybridized carbons (Fsp3) is 0.571. The maximum atomic E-state index is 11.4. The SMILES string of the molecule is CCOc1cccc(N(C)C2CCCNC2)c1[N+](=O)[O-]. The molecule has 20 heavy (non-hydrogen) atoms. The van der Waals surface area contributed by atoms with Gasteiger partial charge in [-0.05, 0) is 38.4 Å². The first kappa shape index (κ1) is 14.6. The standard InChI is InChI=1S/C14H21N3O3/c1-3-20-13-8-4-7-12(14(13)17(18)19)16(2)11-6-5-9-15-10-11/h4,7-8,11,15H,3,5-6,9-10H2,1-2H3. The van der Waals surface area contributed by atoms with E-state index in [1.54, 1.807) is 18.2 Å². The Labute approximate surface area is 118 Å². The van der Waals surface area contributed by atoms with Gasteiger partial charge in [0.15, 0.2) is 5.75 Å². The molecule has 1 atom stereocenters. The number of rotatable bonds is 5. The van der Waals surface area contributed by atoms with Crippen LogP contribution in [0.1, 0.15) is 19.8 Å². The minimum absolute atomic E-state index is 0.0578. The zero-order chi connectivity index (χ0) is 14.5. The van der Waals surface area contributed by atoms with E-state index in [1.165, 1.54) is 0 Å². The highest BCUT2D eigenvalue weighted by Gasteiger charge is 2.27. The second-order valence-corrected chi connectivity index (χ2v) is 4.93. The van der Waals surface area contributed by atoms with Crippen molar-refractivity contribution in [1.82, 2.24) is 5.32 Å². The van der Waals surface area contributed by atoms with Crippen LogP contribution in [-0.4, -0.2) is 37.7 Å². The van der Waals surface area contributed by atoms with Gasteiger partial charge >= 0.3 is 5.69 Å². The Morgan fingerprint density at radius 3 is 2.95 bits per heavy atom. The summed E-state index contributed by atoms with van der Waals surface area (Å²) in [6.45, 7) is 4.11. The summed E-state index contributed by atoms with van der Waals surface area (Å²) in [7, 11) is 1.91. The van der Waals surface area contributed by atoms with E-state index in [1.807, 2.05) is 18.9 Å². The van der Waals surface area contributed by atoms with Crippen LogP contribution in [0.15, 0.2) is 18.2 Å². The molecule has 0 saturated carbocycles. The number of ether oxygens (including phenoxy) is 1. The number of anilines is 1. The molecular weight excluding hydrogens is 258 g/mol. The molecule has 1 aliphatic heterocycles. The van der Waals surface area contributed by atoms with Gasteiger partial charge in [0, 0.05) is 19.6 Å². The summed E-state index contributed by atoms with van der Waals surface area (Å²) in [6, 6.07) is 5.52. The average molecular weight is 279 g/mol. The molecule has 0 radical (unpaired) electrons. The molecule has 1 saturated heterocycles. The Balaban J connectivity index is 2.33. The van der Waals surface area contributed by atoms with Gasteiger partial charge in [-0.15, -0.1) is 0 Å². The minimum atomic E-state index is -0.354. The largest absolute Gasteiger partial charge is 0.487 e. The van der Waals surface area contributed by atoms with Crippen molar-refractivity contribution in [2.75, 3.05) is 31.6 Å². The smallest absolute Gasteiger partial charge is 0.333 e. The molecule has 1 fully saturated rings. The van der Waals surface area contributed by atoms with Gasteiger partial charge < -0.3 is 15.0 Å². The third-order valence-electron chi connectivity index (χ3n) is 3.66. The number of nitro benzene ring substituents is 1. The van der Waals surface area contributed by atoms with Crippen LogP contribution in [0.5, 0.6) is 5.75 Å². The average Bonchev–Trinajstić information content (AvgIpc) is 2.47. The number of nitrogens with one attached hydrogen (secondary N) is 1. The fourth-order valence-electron chi connectivity index (χ4n) is 2.61. The van der Waals surface area contributed by atoms with Crippen molar-refractivity contribution >= 4 is 11.4 Å². The summed E-state index contributed by atoms with van der Waals surface area (Å²) in [4.78, 5) is 13.0. The van der Waals surface area contributed by atoms with Crippen LogP contribution in [0, 0.1) is 10.1 Å². The van der Waals surface area contributed by atoms with E-state index < -0.39 is 0 Å². The molecule has 1 heterocycles. The molecule has 1 N–H and O–H groups in total. The van der Waals surface area contributed by atoms with Crippen LogP contribution in [0.2, 0.25) is 0 Å². The Kier molecular flexibility index (Phi) is 4.79. The van der Waals surface area contributed by atoms with Crippen molar-refractivity contribution in [3.63, 3.8) is 0 Å². The number of nitro groups is 1. The topological polar surface area (TPSA) is 67.6 Å². The highest BCUT2D eigenvalue weighted by molar-refractivity contribution is 5.70. The molecule has 1 aliphatic rings. The molecule has 110 valence electrons. The van der Waals surface area contributed by atoms with Gasteiger partial charge in [0.25, 0.3) is 0 Å². The van der Waals surface area contributed by atoms with Gasteiger partial charge in [0.1, 0.15) is 5.69 Å². The van der Waals surface area contributed by atoms with Crippen LogP contribution in [-0.2, 0) is 0 Å². The predicted molar refractivity (Wildman–Crippen MR) is 78.6 cm³/mol. The highest BCUT2D eigenvalue weighted by atomic mass is 16.6. The van der Waals surface area contributed by atoms with Gasteiger partial charge in [0.05, 0.1) is 11.5 Å². The highest BCUT2D eigenvalue weighted by Crippen LogP contribution is 2.37. The molecule has 1 aromatic rings. The monoisotopic (exact) mass is 279 g/mol. The molecule has 1 aromatic carbocycles. The second kappa shape index (κ2) is 6.56. The van der Waals surface area contributed by atoms with Gasteiger partial charge in [-0.1, -0.05) is 6.07 Å². The summed E-state index contributed by atoms with van der Waals surface area (Å²) < 4.78 is 5.39.